The van der Waals surface area contributed by atoms with Crippen LogP contribution in [0.2, 0.25) is 0 Å². The summed E-state index contributed by atoms with van der Waals surface area (Å²) < 4.78 is 17.0. The van der Waals surface area contributed by atoms with Crippen molar-refractivity contribution in [2.24, 2.45) is 0 Å². The molecule has 6 nitrogen and oxygen atoms in total. The number of hydrogen-bond donors (Lipinski definition) is 0. The third kappa shape index (κ3) is 68.6. The van der Waals surface area contributed by atoms with E-state index in [0.717, 1.165) is 64.2 Å². The molecule has 0 aliphatic heterocycles. The molecular formula is C75H142O6. The van der Waals surface area contributed by atoms with E-state index < -0.39 is 6.10 Å². The predicted octanol–water partition coefficient (Wildman–Crippen LogP) is 25.3. The molecule has 0 saturated heterocycles. The normalized spacial score (nSPS) is 12.1. The smallest absolute Gasteiger partial charge is 0.306 e. The van der Waals surface area contributed by atoms with Gasteiger partial charge in [-0.1, -0.05) is 373 Å². The van der Waals surface area contributed by atoms with Crippen LogP contribution in [-0.2, 0) is 28.6 Å². The van der Waals surface area contributed by atoms with E-state index in [9.17, 15) is 14.4 Å². The SMILES string of the molecule is CCCCCCC/C=C\C/C=C\CCCCCCCCCCCC(=O)OC(COC(=O)CCCCCCCCCCCCCCCCCCCC)COC(=O)CCCCCCCCCCCCCCCCCCCCCCCCCC. The zero-order chi connectivity index (χ0) is 58.5. The number of unbranched alkanes of at least 4 members (excludes halogenated alkanes) is 54. The monoisotopic (exact) mass is 1140 g/mol. The Morgan fingerprint density at radius 2 is 0.444 bits per heavy atom. The molecule has 0 aliphatic carbocycles. The van der Waals surface area contributed by atoms with Gasteiger partial charge in [-0.3, -0.25) is 14.4 Å². The van der Waals surface area contributed by atoms with Gasteiger partial charge in [0, 0.05) is 19.3 Å². The summed E-state index contributed by atoms with van der Waals surface area (Å²) in [5.41, 5.74) is 0. The number of allylic oxidation sites excluding steroid dienone is 4. The minimum Gasteiger partial charge on any atom is -0.462 e. The molecule has 1 unspecified atom stereocenters. The minimum absolute atomic E-state index is 0.0661. The van der Waals surface area contributed by atoms with Crippen LogP contribution < -0.4 is 0 Å². The highest BCUT2D eigenvalue weighted by atomic mass is 16.6. The van der Waals surface area contributed by atoms with Gasteiger partial charge in [0.05, 0.1) is 0 Å². The summed E-state index contributed by atoms with van der Waals surface area (Å²) >= 11 is 0. The molecule has 0 radical (unpaired) electrons. The lowest BCUT2D eigenvalue weighted by Gasteiger charge is -2.18. The van der Waals surface area contributed by atoms with E-state index in [1.54, 1.807) is 0 Å². The molecule has 0 rings (SSSR count). The Kier molecular flexibility index (Phi) is 68.5. The lowest BCUT2D eigenvalue weighted by molar-refractivity contribution is -0.167. The summed E-state index contributed by atoms with van der Waals surface area (Å²) in [5, 5.41) is 0. The molecule has 0 heterocycles. The fourth-order valence-electron chi connectivity index (χ4n) is 11.4. The summed E-state index contributed by atoms with van der Waals surface area (Å²) in [4.78, 5) is 38.5. The second-order valence-corrected chi connectivity index (χ2v) is 25.2. The maximum atomic E-state index is 13.0. The molecule has 0 aromatic carbocycles. The summed E-state index contributed by atoms with van der Waals surface area (Å²) in [5.74, 6) is -0.833. The highest BCUT2D eigenvalue weighted by molar-refractivity contribution is 5.71. The molecule has 0 amide bonds. The van der Waals surface area contributed by atoms with Crippen LogP contribution >= 0.6 is 0 Å². The Hall–Kier alpha value is -2.11. The van der Waals surface area contributed by atoms with Gasteiger partial charge >= 0.3 is 17.9 Å². The molecule has 0 aromatic rings. The van der Waals surface area contributed by atoms with E-state index in [2.05, 4.69) is 45.1 Å². The van der Waals surface area contributed by atoms with Gasteiger partial charge in [-0.25, -0.2) is 0 Å². The summed E-state index contributed by atoms with van der Waals surface area (Å²) in [6.45, 7) is 6.72. The van der Waals surface area contributed by atoms with Gasteiger partial charge in [-0.2, -0.15) is 0 Å². The van der Waals surface area contributed by atoms with E-state index in [-0.39, 0.29) is 31.1 Å². The first kappa shape index (κ1) is 78.9. The topological polar surface area (TPSA) is 78.9 Å². The molecule has 81 heavy (non-hydrogen) atoms. The highest BCUT2D eigenvalue weighted by Crippen LogP contribution is 2.19. The predicted molar refractivity (Wildman–Crippen MR) is 353 cm³/mol. The van der Waals surface area contributed by atoms with E-state index in [0.29, 0.717) is 19.3 Å². The summed E-state index contributed by atoms with van der Waals surface area (Å²) in [6, 6.07) is 0. The van der Waals surface area contributed by atoms with Crippen LogP contribution in [0.15, 0.2) is 24.3 Å². The van der Waals surface area contributed by atoms with Crippen LogP contribution in [0.1, 0.15) is 419 Å². The van der Waals surface area contributed by atoms with Gasteiger partial charge < -0.3 is 14.2 Å². The third-order valence-electron chi connectivity index (χ3n) is 17.0. The first-order chi connectivity index (χ1) is 40.0. The molecular weight excluding hydrogens is 997 g/mol. The van der Waals surface area contributed by atoms with Crippen molar-refractivity contribution in [1.29, 1.82) is 0 Å². The maximum Gasteiger partial charge on any atom is 0.306 e. The first-order valence-corrected chi connectivity index (χ1v) is 36.8. The molecule has 0 spiro atoms. The van der Waals surface area contributed by atoms with Crippen molar-refractivity contribution in [2.45, 2.75) is 425 Å². The lowest BCUT2D eigenvalue weighted by Crippen LogP contribution is -2.30. The van der Waals surface area contributed by atoms with E-state index in [4.69, 9.17) is 14.2 Å². The Morgan fingerprint density at radius 1 is 0.247 bits per heavy atom. The number of rotatable bonds is 69. The second-order valence-electron chi connectivity index (χ2n) is 25.2. The van der Waals surface area contributed by atoms with Gasteiger partial charge in [-0.05, 0) is 51.4 Å². The highest BCUT2D eigenvalue weighted by Gasteiger charge is 2.20. The Labute approximate surface area is 506 Å². The van der Waals surface area contributed by atoms with Crippen LogP contribution in [0.25, 0.3) is 0 Å². The van der Waals surface area contributed by atoms with Gasteiger partial charge in [0.2, 0.25) is 0 Å². The summed E-state index contributed by atoms with van der Waals surface area (Å²) in [7, 11) is 0. The molecule has 0 bridgehead atoms. The third-order valence-corrected chi connectivity index (χ3v) is 17.0. The molecule has 6 heteroatoms. The quantitative estimate of drug-likeness (QED) is 0.0261. The number of carbonyl (C=O) groups is 3. The largest absolute Gasteiger partial charge is 0.462 e. The number of esters is 3. The number of hydrogen-bond acceptors (Lipinski definition) is 6. The van der Waals surface area contributed by atoms with Crippen molar-refractivity contribution in [3.63, 3.8) is 0 Å². The van der Waals surface area contributed by atoms with Crippen molar-refractivity contribution in [2.75, 3.05) is 13.2 Å². The molecule has 0 saturated carbocycles. The molecule has 0 N–H and O–H groups in total. The van der Waals surface area contributed by atoms with Crippen LogP contribution in [0.5, 0.6) is 0 Å². The summed E-state index contributed by atoms with van der Waals surface area (Å²) in [6.07, 6.45) is 86.4. The van der Waals surface area contributed by atoms with Crippen molar-refractivity contribution in [1.82, 2.24) is 0 Å². The lowest BCUT2D eigenvalue weighted by atomic mass is 10.0. The fourth-order valence-corrected chi connectivity index (χ4v) is 11.4. The average Bonchev–Trinajstić information content (AvgIpc) is 3.47. The van der Waals surface area contributed by atoms with Gasteiger partial charge in [0.1, 0.15) is 13.2 Å². The molecule has 0 aromatic heterocycles. The van der Waals surface area contributed by atoms with Crippen LogP contribution in [0, 0.1) is 0 Å². The van der Waals surface area contributed by atoms with Gasteiger partial charge in [0.25, 0.3) is 0 Å². The van der Waals surface area contributed by atoms with E-state index >= 15 is 0 Å². The van der Waals surface area contributed by atoms with Crippen molar-refractivity contribution >= 4 is 17.9 Å². The van der Waals surface area contributed by atoms with Crippen molar-refractivity contribution in [3.05, 3.63) is 24.3 Å². The van der Waals surface area contributed by atoms with Gasteiger partial charge in [0.15, 0.2) is 6.10 Å². The standard InChI is InChI=1S/C75H142O6/c1-4-7-10-13-16-19-22-25-28-31-34-36-37-38-40-41-44-47-50-53-56-59-62-65-68-74(77)80-71-72(70-79-73(76)67-64-61-58-55-52-49-46-43-33-30-27-24-21-18-15-12-9-6-3)81-75(78)69-66-63-60-57-54-51-48-45-42-39-35-32-29-26-23-20-17-14-11-8-5-2/h23,26,32,35,72H,4-22,24-25,27-31,33-34,36-71H2,1-3H3/b26-23-,35-32-. The second kappa shape index (κ2) is 70.4. The van der Waals surface area contributed by atoms with E-state index in [1.807, 2.05) is 0 Å². The average molecular weight is 1140 g/mol. The maximum absolute atomic E-state index is 13.0. The van der Waals surface area contributed by atoms with Crippen LogP contribution in [0.4, 0.5) is 0 Å². The van der Waals surface area contributed by atoms with E-state index in [1.165, 1.54) is 315 Å². The number of ether oxygens (including phenoxy) is 3. The Bertz CT molecular complexity index is 1310. The molecule has 1 atom stereocenters. The minimum atomic E-state index is -0.771. The molecule has 0 fully saturated rings. The zero-order valence-corrected chi connectivity index (χ0v) is 55.1. The van der Waals surface area contributed by atoms with Crippen molar-refractivity contribution in [3.8, 4) is 0 Å². The van der Waals surface area contributed by atoms with Crippen molar-refractivity contribution < 1.29 is 28.6 Å². The first-order valence-electron chi connectivity index (χ1n) is 36.8. The Morgan fingerprint density at radius 3 is 0.679 bits per heavy atom. The number of carbonyl (C=O) groups excluding carboxylic acids is 3. The molecule has 0 aliphatic rings. The van der Waals surface area contributed by atoms with Crippen LogP contribution in [0.3, 0.4) is 0 Å². The molecule has 478 valence electrons. The fraction of sp³-hybridized carbons (Fsp3) is 0.907. The van der Waals surface area contributed by atoms with Gasteiger partial charge in [-0.15, -0.1) is 0 Å². The Balaban J connectivity index is 4.28. The van der Waals surface area contributed by atoms with Crippen LogP contribution in [-0.4, -0.2) is 37.2 Å². The zero-order valence-electron chi connectivity index (χ0n) is 55.1.